The van der Waals surface area contributed by atoms with Gasteiger partial charge in [-0.05, 0) is 17.7 Å². The van der Waals surface area contributed by atoms with Crippen molar-refractivity contribution >= 4 is 17.8 Å². The van der Waals surface area contributed by atoms with Crippen molar-refractivity contribution in [2.75, 3.05) is 13.7 Å². The van der Waals surface area contributed by atoms with Crippen molar-refractivity contribution < 1.29 is 23.9 Å². The van der Waals surface area contributed by atoms with E-state index >= 15 is 0 Å². The molecule has 0 saturated heterocycles. The fraction of sp³-hybridized carbons (Fsp3) is 0.150. The normalized spacial score (nSPS) is 11.6. The number of hydrogen-bond acceptors (Lipinski definition) is 5. The first-order valence-electron chi connectivity index (χ1n) is 7.94. The summed E-state index contributed by atoms with van der Waals surface area (Å²) in [5, 5.41) is 2.85. The van der Waals surface area contributed by atoms with E-state index in [1.54, 1.807) is 24.3 Å². The van der Waals surface area contributed by atoms with E-state index in [2.05, 4.69) is 10.1 Å². The molecule has 2 aromatic rings. The van der Waals surface area contributed by atoms with E-state index in [0.717, 1.165) is 17.7 Å². The van der Waals surface area contributed by atoms with Crippen LogP contribution in [0.2, 0.25) is 0 Å². The first-order chi connectivity index (χ1) is 12.6. The third-order valence-corrected chi connectivity index (χ3v) is 3.49. The molecule has 2 rings (SSSR count). The van der Waals surface area contributed by atoms with Crippen molar-refractivity contribution in [1.82, 2.24) is 5.32 Å². The number of esters is 2. The number of methoxy groups -OCH3 is 1. The Hall–Kier alpha value is -3.41. The highest BCUT2D eigenvalue weighted by Gasteiger charge is 2.17. The number of carbonyl (C=O) groups is 3. The van der Waals surface area contributed by atoms with Gasteiger partial charge in [-0.15, -0.1) is 0 Å². The number of benzene rings is 2. The Morgan fingerprint density at radius 3 is 2.12 bits per heavy atom. The molecule has 1 amide bonds. The zero-order valence-electron chi connectivity index (χ0n) is 14.3. The van der Waals surface area contributed by atoms with Crippen molar-refractivity contribution in [3.63, 3.8) is 0 Å². The van der Waals surface area contributed by atoms with Crippen LogP contribution in [0.1, 0.15) is 22.0 Å². The van der Waals surface area contributed by atoms with Gasteiger partial charge in [-0.2, -0.15) is 0 Å². The lowest BCUT2D eigenvalue weighted by molar-refractivity contribution is -0.139. The molecule has 0 heterocycles. The van der Waals surface area contributed by atoms with Gasteiger partial charge in [0, 0.05) is 17.7 Å². The van der Waals surface area contributed by atoms with Crippen LogP contribution in [-0.4, -0.2) is 31.6 Å². The molecule has 1 N–H and O–H groups in total. The van der Waals surface area contributed by atoms with Crippen LogP contribution in [0.5, 0.6) is 0 Å². The largest absolute Gasteiger partial charge is 0.466 e. The van der Waals surface area contributed by atoms with E-state index in [9.17, 15) is 14.4 Å². The van der Waals surface area contributed by atoms with Crippen molar-refractivity contribution in [1.29, 1.82) is 0 Å². The Morgan fingerprint density at radius 1 is 0.923 bits per heavy atom. The average Bonchev–Trinajstić information content (AvgIpc) is 2.70. The number of amides is 1. The third kappa shape index (κ3) is 5.90. The third-order valence-electron chi connectivity index (χ3n) is 3.49. The van der Waals surface area contributed by atoms with Crippen molar-refractivity contribution in [3.8, 4) is 0 Å². The molecule has 0 aliphatic carbocycles. The van der Waals surface area contributed by atoms with E-state index in [1.807, 2.05) is 36.4 Å². The molecule has 0 bridgehead atoms. The van der Waals surface area contributed by atoms with Gasteiger partial charge in [0.2, 0.25) is 0 Å². The van der Waals surface area contributed by atoms with Gasteiger partial charge in [0.1, 0.15) is 6.61 Å². The van der Waals surface area contributed by atoms with Crippen molar-refractivity contribution in [2.24, 2.45) is 0 Å². The molecule has 6 heteroatoms. The molecule has 0 spiro atoms. The summed E-state index contributed by atoms with van der Waals surface area (Å²) in [4.78, 5) is 35.1. The van der Waals surface area contributed by atoms with Gasteiger partial charge in [-0.1, -0.05) is 48.5 Å². The highest BCUT2D eigenvalue weighted by molar-refractivity contribution is 5.94. The molecule has 0 aromatic heterocycles. The zero-order chi connectivity index (χ0) is 18.8. The van der Waals surface area contributed by atoms with Crippen molar-refractivity contribution in [3.05, 3.63) is 83.9 Å². The van der Waals surface area contributed by atoms with Crippen LogP contribution in [0.25, 0.3) is 0 Å². The molecule has 26 heavy (non-hydrogen) atoms. The minimum absolute atomic E-state index is 0.0765. The minimum Gasteiger partial charge on any atom is -0.466 e. The molecule has 0 fully saturated rings. The summed E-state index contributed by atoms with van der Waals surface area (Å²) in [5.41, 5.74) is 1.30. The highest BCUT2D eigenvalue weighted by atomic mass is 16.5. The standard InChI is InChI=1S/C20H19NO5/c1-25-18(22)12-13-19(23)26-14-17(15-8-4-2-5-9-15)21-20(24)16-10-6-3-7-11-16/h2-13,17H,14H2,1H3,(H,21,24)/b13-12+. The van der Waals surface area contributed by atoms with Gasteiger partial charge in [-0.25, -0.2) is 9.59 Å². The topological polar surface area (TPSA) is 81.7 Å². The lowest BCUT2D eigenvalue weighted by Crippen LogP contribution is -2.32. The van der Waals surface area contributed by atoms with Gasteiger partial charge in [0.15, 0.2) is 0 Å². The number of nitrogens with one attached hydrogen (secondary N) is 1. The monoisotopic (exact) mass is 353 g/mol. The quantitative estimate of drug-likeness (QED) is 0.611. The fourth-order valence-corrected chi connectivity index (χ4v) is 2.16. The Labute approximate surface area is 151 Å². The zero-order valence-corrected chi connectivity index (χ0v) is 14.3. The molecule has 0 aliphatic heterocycles. The predicted octanol–water partition coefficient (Wildman–Crippen LogP) is 2.43. The number of hydrogen-bond donors (Lipinski definition) is 1. The Morgan fingerprint density at radius 2 is 1.50 bits per heavy atom. The van der Waals surface area contributed by atoms with Gasteiger partial charge >= 0.3 is 11.9 Å². The highest BCUT2D eigenvalue weighted by Crippen LogP contribution is 2.14. The van der Waals surface area contributed by atoms with Crippen molar-refractivity contribution in [2.45, 2.75) is 6.04 Å². The van der Waals surface area contributed by atoms with E-state index in [1.165, 1.54) is 7.11 Å². The minimum atomic E-state index is -0.703. The number of ether oxygens (including phenoxy) is 2. The van der Waals surface area contributed by atoms with E-state index < -0.39 is 18.0 Å². The average molecular weight is 353 g/mol. The molecular weight excluding hydrogens is 334 g/mol. The SMILES string of the molecule is COC(=O)/C=C/C(=O)OCC(NC(=O)c1ccccc1)c1ccccc1. The van der Waals surface area contributed by atoms with E-state index in [-0.39, 0.29) is 12.5 Å². The number of carbonyl (C=O) groups excluding carboxylic acids is 3. The molecule has 0 radical (unpaired) electrons. The molecular formula is C20H19NO5. The Kier molecular flexibility index (Phi) is 7.12. The molecule has 2 aromatic carbocycles. The fourth-order valence-electron chi connectivity index (χ4n) is 2.16. The second kappa shape index (κ2) is 9.78. The molecule has 1 unspecified atom stereocenters. The second-order valence-corrected chi connectivity index (χ2v) is 5.29. The smallest absolute Gasteiger partial charge is 0.331 e. The molecule has 0 aliphatic rings. The number of rotatable bonds is 7. The van der Waals surface area contributed by atoms with Crippen LogP contribution in [0.3, 0.4) is 0 Å². The molecule has 6 nitrogen and oxygen atoms in total. The van der Waals surface area contributed by atoms with Crippen LogP contribution < -0.4 is 5.32 Å². The molecule has 1 atom stereocenters. The van der Waals surface area contributed by atoms with Gasteiger partial charge in [-0.3, -0.25) is 4.79 Å². The van der Waals surface area contributed by atoms with Crippen LogP contribution >= 0.6 is 0 Å². The first-order valence-corrected chi connectivity index (χ1v) is 7.94. The maximum atomic E-state index is 12.4. The van der Waals surface area contributed by atoms with Crippen LogP contribution in [0.15, 0.2) is 72.8 Å². The Balaban J connectivity index is 2.05. The van der Waals surface area contributed by atoms with Gasteiger partial charge in [0.25, 0.3) is 5.91 Å². The van der Waals surface area contributed by atoms with Gasteiger partial charge < -0.3 is 14.8 Å². The van der Waals surface area contributed by atoms with Gasteiger partial charge in [0.05, 0.1) is 13.2 Å². The van der Waals surface area contributed by atoms with E-state index in [4.69, 9.17) is 4.74 Å². The summed E-state index contributed by atoms with van der Waals surface area (Å²) >= 11 is 0. The summed E-state index contributed by atoms with van der Waals surface area (Å²) in [6, 6.07) is 17.4. The lowest BCUT2D eigenvalue weighted by Gasteiger charge is -2.19. The maximum Gasteiger partial charge on any atom is 0.331 e. The summed E-state index contributed by atoms with van der Waals surface area (Å²) in [5.74, 6) is -1.63. The van der Waals surface area contributed by atoms with Crippen LogP contribution in [0, 0.1) is 0 Å². The van der Waals surface area contributed by atoms with Crippen LogP contribution in [-0.2, 0) is 19.1 Å². The maximum absolute atomic E-state index is 12.4. The summed E-state index contributed by atoms with van der Waals surface area (Å²) < 4.78 is 9.55. The second-order valence-electron chi connectivity index (χ2n) is 5.29. The van der Waals surface area contributed by atoms with Crippen LogP contribution in [0.4, 0.5) is 0 Å². The Bertz CT molecular complexity index is 771. The van der Waals surface area contributed by atoms with E-state index in [0.29, 0.717) is 5.56 Å². The predicted molar refractivity (Wildman–Crippen MR) is 95.2 cm³/mol. The molecule has 0 saturated carbocycles. The lowest BCUT2D eigenvalue weighted by atomic mass is 10.1. The summed E-state index contributed by atoms with van der Waals surface area (Å²) in [6.07, 6.45) is 1.95. The molecule has 134 valence electrons. The first kappa shape index (κ1) is 18.9. The summed E-state index contributed by atoms with van der Waals surface area (Å²) in [6.45, 7) is -0.0765. The summed E-state index contributed by atoms with van der Waals surface area (Å²) in [7, 11) is 1.21.